The van der Waals surface area contributed by atoms with Crippen molar-refractivity contribution in [1.29, 1.82) is 0 Å². The van der Waals surface area contributed by atoms with Crippen molar-refractivity contribution < 1.29 is 19.8 Å². The van der Waals surface area contributed by atoms with Gasteiger partial charge in [0.25, 0.3) is 5.56 Å². The largest absolute Gasteiger partial charge is 0.501 e. The van der Waals surface area contributed by atoms with Crippen molar-refractivity contribution in [3.05, 3.63) is 82.0 Å². The second kappa shape index (κ2) is 9.04. The molecule has 3 rings (SSSR count). The number of carbonyl (C=O) groups excluding carboxylic acids is 1. The van der Waals surface area contributed by atoms with Crippen LogP contribution in [0.2, 0.25) is 0 Å². The van der Waals surface area contributed by atoms with E-state index in [4.69, 9.17) is 4.74 Å². The Morgan fingerprint density at radius 2 is 1.73 bits per heavy atom. The maximum atomic E-state index is 12.6. The zero-order chi connectivity index (χ0) is 21.7. The zero-order valence-corrected chi connectivity index (χ0v) is 16.6. The van der Waals surface area contributed by atoms with Crippen molar-refractivity contribution in [2.75, 3.05) is 6.61 Å². The SMILES string of the molecule is CCOC(=O)c1nc(C)n(C/C(=N/O)c2ccc(-c3ccccc3)cc2)c(=O)c1O. The summed E-state index contributed by atoms with van der Waals surface area (Å²) in [6.07, 6.45) is 0. The normalized spacial score (nSPS) is 11.3. The average molecular weight is 407 g/mol. The van der Waals surface area contributed by atoms with Crippen LogP contribution >= 0.6 is 0 Å². The van der Waals surface area contributed by atoms with E-state index in [0.29, 0.717) is 5.56 Å². The molecular weight excluding hydrogens is 386 g/mol. The molecule has 0 amide bonds. The number of rotatable bonds is 6. The fraction of sp³-hybridized carbons (Fsp3) is 0.182. The quantitative estimate of drug-likeness (QED) is 0.281. The molecule has 30 heavy (non-hydrogen) atoms. The Bertz CT molecular complexity index is 1140. The summed E-state index contributed by atoms with van der Waals surface area (Å²) < 4.78 is 5.93. The molecule has 8 heteroatoms. The van der Waals surface area contributed by atoms with E-state index in [1.165, 1.54) is 6.92 Å². The molecule has 0 saturated heterocycles. The number of hydrogen-bond donors (Lipinski definition) is 2. The highest BCUT2D eigenvalue weighted by Crippen LogP contribution is 2.20. The maximum absolute atomic E-state index is 12.6. The summed E-state index contributed by atoms with van der Waals surface area (Å²) in [5.74, 6) is -1.52. The van der Waals surface area contributed by atoms with Gasteiger partial charge < -0.3 is 15.1 Å². The molecular formula is C22H21N3O5. The van der Waals surface area contributed by atoms with Crippen LogP contribution in [0, 0.1) is 6.92 Å². The summed E-state index contributed by atoms with van der Waals surface area (Å²) in [5.41, 5.74) is 1.56. The Kier molecular flexibility index (Phi) is 6.26. The number of aromatic hydroxyl groups is 1. The molecule has 0 saturated carbocycles. The smallest absolute Gasteiger partial charge is 0.361 e. The predicted octanol–water partition coefficient (Wildman–Crippen LogP) is 2.98. The van der Waals surface area contributed by atoms with Crippen LogP contribution < -0.4 is 5.56 Å². The Morgan fingerprint density at radius 1 is 1.10 bits per heavy atom. The third-order valence-electron chi connectivity index (χ3n) is 4.56. The summed E-state index contributed by atoms with van der Waals surface area (Å²) in [7, 11) is 0. The summed E-state index contributed by atoms with van der Waals surface area (Å²) >= 11 is 0. The molecule has 0 aliphatic carbocycles. The first kappa shape index (κ1) is 20.8. The fourth-order valence-corrected chi connectivity index (χ4v) is 3.00. The molecule has 0 fully saturated rings. The molecule has 1 heterocycles. The molecule has 0 radical (unpaired) electrons. The molecule has 0 aliphatic heterocycles. The monoisotopic (exact) mass is 407 g/mol. The molecule has 0 unspecified atom stereocenters. The molecule has 1 aromatic heterocycles. The van der Waals surface area contributed by atoms with Crippen LogP contribution in [0.25, 0.3) is 11.1 Å². The van der Waals surface area contributed by atoms with Crippen molar-refractivity contribution in [3.8, 4) is 16.9 Å². The van der Waals surface area contributed by atoms with Gasteiger partial charge in [-0.15, -0.1) is 0 Å². The number of nitrogens with zero attached hydrogens (tertiary/aromatic N) is 3. The molecule has 0 spiro atoms. The number of aryl methyl sites for hydroxylation is 1. The highest BCUT2D eigenvalue weighted by atomic mass is 16.5. The molecule has 0 aliphatic rings. The number of hydrogen-bond acceptors (Lipinski definition) is 7. The molecule has 8 nitrogen and oxygen atoms in total. The number of benzene rings is 2. The molecule has 154 valence electrons. The number of esters is 1. The van der Waals surface area contributed by atoms with Gasteiger partial charge in [0.15, 0.2) is 5.69 Å². The van der Waals surface area contributed by atoms with Crippen LogP contribution in [0.5, 0.6) is 5.75 Å². The summed E-state index contributed by atoms with van der Waals surface area (Å²) in [5, 5.41) is 22.9. The van der Waals surface area contributed by atoms with Gasteiger partial charge in [0.1, 0.15) is 11.5 Å². The highest BCUT2D eigenvalue weighted by Gasteiger charge is 2.22. The summed E-state index contributed by atoms with van der Waals surface area (Å²) in [4.78, 5) is 28.4. The van der Waals surface area contributed by atoms with Gasteiger partial charge in [0, 0.05) is 5.56 Å². The maximum Gasteiger partial charge on any atom is 0.361 e. The van der Waals surface area contributed by atoms with Crippen molar-refractivity contribution >= 4 is 11.7 Å². The third-order valence-corrected chi connectivity index (χ3v) is 4.56. The van der Waals surface area contributed by atoms with Gasteiger partial charge in [-0.1, -0.05) is 59.8 Å². The van der Waals surface area contributed by atoms with E-state index in [0.717, 1.165) is 15.7 Å². The van der Waals surface area contributed by atoms with Gasteiger partial charge in [0.05, 0.1) is 13.2 Å². The van der Waals surface area contributed by atoms with E-state index in [1.54, 1.807) is 19.1 Å². The Morgan fingerprint density at radius 3 is 2.33 bits per heavy atom. The van der Waals surface area contributed by atoms with Gasteiger partial charge >= 0.3 is 5.97 Å². The fourth-order valence-electron chi connectivity index (χ4n) is 3.00. The second-order valence-electron chi connectivity index (χ2n) is 6.46. The van der Waals surface area contributed by atoms with Crippen LogP contribution in [0.3, 0.4) is 0 Å². The van der Waals surface area contributed by atoms with Crippen LogP contribution in [-0.2, 0) is 11.3 Å². The minimum absolute atomic E-state index is 0.0857. The lowest BCUT2D eigenvalue weighted by molar-refractivity contribution is 0.0514. The lowest BCUT2D eigenvalue weighted by Gasteiger charge is -2.13. The van der Waals surface area contributed by atoms with Crippen molar-refractivity contribution in [2.24, 2.45) is 5.16 Å². The number of ether oxygens (including phenoxy) is 1. The molecule has 2 aromatic carbocycles. The average Bonchev–Trinajstić information content (AvgIpc) is 2.77. The minimum atomic E-state index is -0.880. The van der Waals surface area contributed by atoms with Gasteiger partial charge in [-0.3, -0.25) is 9.36 Å². The Balaban J connectivity index is 1.90. The van der Waals surface area contributed by atoms with Gasteiger partial charge in [-0.25, -0.2) is 9.78 Å². The first-order chi connectivity index (χ1) is 14.5. The van der Waals surface area contributed by atoms with Crippen LogP contribution in [0.4, 0.5) is 0 Å². The lowest BCUT2D eigenvalue weighted by atomic mass is 10.0. The highest BCUT2D eigenvalue weighted by molar-refractivity contribution is 6.00. The van der Waals surface area contributed by atoms with Gasteiger partial charge in [-0.2, -0.15) is 0 Å². The first-order valence-corrected chi connectivity index (χ1v) is 9.30. The van der Waals surface area contributed by atoms with Crippen LogP contribution in [0.15, 0.2) is 64.5 Å². The topological polar surface area (TPSA) is 114 Å². The third kappa shape index (κ3) is 4.22. The molecule has 3 aromatic rings. The Labute approximate surface area is 172 Å². The van der Waals surface area contributed by atoms with E-state index in [1.807, 2.05) is 42.5 Å². The van der Waals surface area contributed by atoms with Crippen LogP contribution in [-0.4, -0.2) is 38.2 Å². The Hall–Kier alpha value is -3.94. The van der Waals surface area contributed by atoms with E-state index in [2.05, 4.69) is 10.1 Å². The first-order valence-electron chi connectivity index (χ1n) is 9.30. The standard InChI is InChI=1S/C22H21N3O5/c1-3-30-22(28)19-20(26)21(27)25(14(2)23-19)13-18(24-29)17-11-9-16(10-12-17)15-7-5-4-6-8-15/h4-12,26,29H,3,13H2,1-2H3/b24-18-. The van der Waals surface area contributed by atoms with Gasteiger partial charge in [0.2, 0.25) is 5.75 Å². The molecule has 0 bridgehead atoms. The molecule has 2 N–H and O–H groups in total. The lowest BCUT2D eigenvalue weighted by Crippen LogP contribution is -2.29. The second-order valence-corrected chi connectivity index (χ2v) is 6.46. The van der Waals surface area contributed by atoms with Crippen LogP contribution in [0.1, 0.15) is 28.8 Å². The van der Waals surface area contributed by atoms with Crippen molar-refractivity contribution in [1.82, 2.24) is 9.55 Å². The van der Waals surface area contributed by atoms with Gasteiger partial charge in [-0.05, 0) is 25.0 Å². The van der Waals surface area contributed by atoms with E-state index in [9.17, 15) is 19.9 Å². The summed E-state index contributed by atoms with van der Waals surface area (Å²) in [6.45, 7) is 3.06. The van der Waals surface area contributed by atoms with Crippen molar-refractivity contribution in [3.63, 3.8) is 0 Å². The number of carbonyl (C=O) groups is 1. The minimum Gasteiger partial charge on any atom is -0.501 e. The number of aromatic nitrogens is 2. The zero-order valence-electron chi connectivity index (χ0n) is 16.6. The van der Waals surface area contributed by atoms with Crippen molar-refractivity contribution in [2.45, 2.75) is 20.4 Å². The molecule has 0 atom stereocenters. The summed E-state index contributed by atoms with van der Waals surface area (Å²) in [6, 6.07) is 17.1. The van der Waals surface area contributed by atoms with E-state index >= 15 is 0 Å². The predicted molar refractivity (Wildman–Crippen MR) is 111 cm³/mol. The van der Waals surface area contributed by atoms with E-state index < -0.39 is 23.0 Å². The van der Waals surface area contributed by atoms with E-state index in [-0.39, 0.29) is 24.7 Å². The number of oxime groups is 1.